The number of amides is 2. The molecular weight excluding hydrogens is 542 g/mol. The van der Waals surface area contributed by atoms with Gasteiger partial charge in [0.2, 0.25) is 5.91 Å². The van der Waals surface area contributed by atoms with Crippen LogP contribution in [0.15, 0.2) is 42.9 Å². The van der Waals surface area contributed by atoms with E-state index in [1.807, 2.05) is 0 Å². The Balaban J connectivity index is 0.000000417. The Morgan fingerprint density at radius 3 is 2.51 bits per heavy atom. The predicted octanol–water partition coefficient (Wildman–Crippen LogP) is 0.836. The summed E-state index contributed by atoms with van der Waals surface area (Å²) in [4.78, 5) is 42.4. The number of hydrogen-bond acceptors (Lipinski definition) is 10. The molecule has 0 radical (unpaired) electrons. The number of hydrogen-bond donors (Lipinski definition) is 2. The van der Waals surface area contributed by atoms with E-state index in [2.05, 4.69) is 20.6 Å². The van der Waals surface area contributed by atoms with E-state index in [9.17, 15) is 23.2 Å². The zero-order chi connectivity index (χ0) is 29.4. The number of pyridine rings is 1. The normalized spacial score (nSPS) is 16.7. The van der Waals surface area contributed by atoms with Gasteiger partial charge in [-0.25, -0.2) is 18.3 Å². The molecule has 2 amide bonds. The van der Waals surface area contributed by atoms with Crippen LogP contribution in [0.1, 0.15) is 16.1 Å². The maximum atomic E-state index is 14.9. The van der Waals surface area contributed by atoms with Gasteiger partial charge in [-0.2, -0.15) is 0 Å². The number of benzene rings is 1. The van der Waals surface area contributed by atoms with Gasteiger partial charge in [-0.15, -0.1) is 5.10 Å². The Kier molecular flexibility index (Phi) is 9.86. The van der Waals surface area contributed by atoms with Gasteiger partial charge in [0.1, 0.15) is 17.5 Å². The van der Waals surface area contributed by atoms with Crippen LogP contribution in [-0.4, -0.2) is 101 Å². The van der Waals surface area contributed by atoms with Crippen molar-refractivity contribution in [3.63, 3.8) is 0 Å². The maximum Gasteiger partial charge on any atom is 0.414 e. The Labute approximate surface area is 234 Å². The number of aliphatic hydroxyl groups excluding tert-OH is 1. The topological polar surface area (TPSA) is 146 Å². The smallest absolute Gasteiger partial charge is 0.414 e. The lowest BCUT2D eigenvalue weighted by Gasteiger charge is -2.36. The first-order valence-electron chi connectivity index (χ1n) is 12.8. The number of halogens is 2. The number of cyclic esters (lactones) is 1. The average Bonchev–Trinajstić information content (AvgIpc) is 3.59. The summed E-state index contributed by atoms with van der Waals surface area (Å²) in [6.07, 6.45) is 4.13. The highest BCUT2D eigenvalue weighted by Crippen LogP contribution is 2.31. The van der Waals surface area contributed by atoms with Gasteiger partial charge in [0.05, 0.1) is 38.1 Å². The predicted molar refractivity (Wildman–Crippen MR) is 142 cm³/mol. The van der Waals surface area contributed by atoms with E-state index in [4.69, 9.17) is 9.84 Å². The molecular formula is C26H30F2N8O5. The summed E-state index contributed by atoms with van der Waals surface area (Å²) >= 11 is 0. The molecule has 41 heavy (non-hydrogen) atoms. The first kappa shape index (κ1) is 29.5. The fourth-order valence-corrected chi connectivity index (χ4v) is 4.43. The second-order valence-electron chi connectivity index (χ2n) is 9.27. The second kappa shape index (κ2) is 13.7. The number of carbonyl (C=O) groups excluding carboxylic acids is 3. The van der Waals surface area contributed by atoms with Gasteiger partial charge in [0, 0.05) is 56.3 Å². The zero-order valence-electron chi connectivity index (χ0n) is 22.3. The summed E-state index contributed by atoms with van der Waals surface area (Å²) in [7, 11) is 1.68. The first-order valence-corrected chi connectivity index (χ1v) is 12.8. The van der Waals surface area contributed by atoms with Crippen molar-refractivity contribution in [1.29, 1.82) is 0 Å². The monoisotopic (exact) mass is 572 g/mol. The number of likely N-dealkylation sites (N-methyl/N-ethyl adjacent to an activating group) is 1. The Bertz CT molecular complexity index is 1330. The van der Waals surface area contributed by atoms with Crippen LogP contribution < -0.4 is 15.1 Å². The highest BCUT2D eigenvalue weighted by molar-refractivity contribution is 5.90. The van der Waals surface area contributed by atoms with E-state index in [0.717, 1.165) is 18.4 Å². The van der Waals surface area contributed by atoms with Crippen molar-refractivity contribution < 1.29 is 33.0 Å². The number of piperazine rings is 1. The highest BCUT2D eigenvalue weighted by atomic mass is 19.1. The minimum absolute atomic E-state index is 0.0544. The fraction of sp³-hybridized carbons (Fsp3) is 0.385. The highest BCUT2D eigenvalue weighted by Gasteiger charge is 2.34. The van der Waals surface area contributed by atoms with Crippen LogP contribution in [0.2, 0.25) is 0 Å². The molecule has 2 aliphatic rings. The third-order valence-electron chi connectivity index (χ3n) is 6.42. The largest absolute Gasteiger partial charge is 0.442 e. The summed E-state index contributed by atoms with van der Waals surface area (Å²) in [6, 6.07) is 5.66. The third kappa shape index (κ3) is 7.37. The molecule has 1 aromatic carbocycles. The number of nitrogens with zero attached hydrogens (tertiary/aromatic N) is 7. The van der Waals surface area contributed by atoms with Crippen molar-refractivity contribution in [2.75, 3.05) is 56.1 Å². The molecule has 5 rings (SSSR count). The van der Waals surface area contributed by atoms with Crippen LogP contribution in [0.4, 0.5) is 25.0 Å². The van der Waals surface area contributed by atoms with Gasteiger partial charge in [-0.1, -0.05) is 5.21 Å². The van der Waals surface area contributed by atoms with Gasteiger partial charge in [0.15, 0.2) is 17.9 Å². The number of carbonyl (C=O) groups is 3. The van der Waals surface area contributed by atoms with E-state index in [1.54, 1.807) is 35.2 Å². The quantitative estimate of drug-likeness (QED) is 0.372. The van der Waals surface area contributed by atoms with Crippen molar-refractivity contribution >= 4 is 29.7 Å². The lowest BCUT2D eigenvalue weighted by atomic mass is 10.2. The van der Waals surface area contributed by atoms with Crippen LogP contribution in [0.25, 0.3) is 0 Å². The molecule has 3 aromatic rings. The molecule has 0 bridgehead atoms. The van der Waals surface area contributed by atoms with Crippen molar-refractivity contribution in [2.24, 2.45) is 0 Å². The van der Waals surface area contributed by atoms with E-state index in [1.165, 1.54) is 22.0 Å². The standard InChI is InChI=1S/C20H25F2N7O4.C6H5NO/c1-23-8-18(31)26-2-4-27(5-3-26)19-16(21)6-14(7-17(19)22)29-11-15(33-20(29)32)10-28-9-13(12-30)24-25-28;8-5-6-2-1-3-7-4-6/h6-7,9,15,23,30H,2-5,8,10-12H2,1H3;1-5H. The van der Waals surface area contributed by atoms with Gasteiger partial charge in [0.25, 0.3) is 0 Å². The molecule has 0 spiro atoms. The summed E-state index contributed by atoms with van der Waals surface area (Å²) < 4.78 is 36.6. The lowest BCUT2D eigenvalue weighted by molar-refractivity contribution is -0.130. The molecule has 1 unspecified atom stereocenters. The Morgan fingerprint density at radius 1 is 1.22 bits per heavy atom. The van der Waals surface area contributed by atoms with Crippen LogP contribution in [0.3, 0.4) is 0 Å². The van der Waals surface area contributed by atoms with Crippen LogP contribution in [-0.2, 0) is 22.7 Å². The van der Waals surface area contributed by atoms with Gasteiger partial charge >= 0.3 is 6.09 Å². The minimum atomic E-state index is -0.792. The maximum absolute atomic E-state index is 14.9. The van der Waals surface area contributed by atoms with Gasteiger partial charge in [-0.05, 0) is 19.2 Å². The number of nitrogens with one attached hydrogen (secondary N) is 1. The number of anilines is 2. The molecule has 2 fully saturated rings. The zero-order valence-corrected chi connectivity index (χ0v) is 22.3. The summed E-state index contributed by atoms with van der Waals surface area (Å²) in [5.74, 6) is -1.64. The van der Waals surface area contributed by atoms with E-state index >= 15 is 0 Å². The number of aliphatic hydroxyl groups is 1. The molecule has 1 atom stereocenters. The Morgan fingerprint density at radius 2 is 1.95 bits per heavy atom. The van der Waals surface area contributed by atoms with Crippen molar-refractivity contribution in [1.82, 2.24) is 30.2 Å². The number of aromatic nitrogens is 4. The Hall–Kier alpha value is -4.50. The molecule has 0 aliphatic carbocycles. The van der Waals surface area contributed by atoms with Crippen LogP contribution in [0.5, 0.6) is 0 Å². The first-order chi connectivity index (χ1) is 19.8. The van der Waals surface area contributed by atoms with Crippen molar-refractivity contribution in [3.8, 4) is 0 Å². The summed E-state index contributed by atoms with van der Waals surface area (Å²) in [5, 5.41) is 19.5. The van der Waals surface area contributed by atoms with Crippen molar-refractivity contribution in [3.05, 3.63) is 65.7 Å². The lowest BCUT2D eigenvalue weighted by Crippen LogP contribution is -2.51. The van der Waals surface area contributed by atoms with Crippen LogP contribution in [0, 0.1) is 11.6 Å². The summed E-state index contributed by atoms with van der Waals surface area (Å²) in [6.45, 7) is 1.54. The molecule has 13 nitrogen and oxygen atoms in total. The number of aldehydes is 1. The third-order valence-corrected chi connectivity index (χ3v) is 6.42. The van der Waals surface area contributed by atoms with E-state index in [-0.39, 0.29) is 43.5 Å². The van der Waals surface area contributed by atoms with E-state index < -0.39 is 23.8 Å². The molecule has 2 saturated heterocycles. The molecule has 0 saturated carbocycles. The summed E-state index contributed by atoms with van der Waals surface area (Å²) in [5.41, 5.74) is 0.872. The molecule has 2 aromatic heterocycles. The minimum Gasteiger partial charge on any atom is -0.442 e. The van der Waals surface area contributed by atoms with Gasteiger partial charge in [-0.3, -0.25) is 19.5 Å². The number of rotatable bonds is 8. The molecule has 4 heterocycles. The number of ether oxygens (including phenoxy) is 1. The molecule has 218 valence electrons. The SMILES string of the molecule is CNCC(=O)N1CCN(c2c(F)cc(N3CC(Cn4cc(CO)nn4)OC3=O)cc2F)CC1.O=Cc1cccnc1. The fourth-order valence-electron chi connectivity index (χ4n) is 4.43. The van der Waals surface area contributed by atoms with Crippen molar-refractivity contribution in [2.45, 2.75) is 19.3 Å². The average molecular weight is 573 g/mol. The van der Waals surface area contributed by atoms with Crippen LogP contribution >= 0.6 is 0 Å². The van der Waals surface area contributed by atoms with E-state index in [0.29, 0.717) is 37.4 Å². The molecule has 2 aliphatic heterocycles. The second-order valence-corrected chi connectivity index (χ2v) is 9.27. The molecule has 2 N–H and O–H groups in total. The van der Waals surface area contributed by atoms with Gasteiger partial charge < -0.3 is 25.0 Å². The molecule has 15 heteroatoms.